The van der Waals surface area contributed by atoms with Crippen molar-refractivity contribution < 1.29 is 4.52 Å². The van der Waals surface area contributed by atoms with Crippen molar-refractivity contribution in [2.24, 2.45) is 0 Å². The number of fused-ring (bicyclic) bond motifs is 1. The van der Waals surface area contributed by atoms with Gasteiger partial charge in [0.05, 0.1) is 11.2 Å². The number of H-pyrrole nitrogens is 1. The minimum absolute atomic E-state index is 0.690. The Hall–Kier alpha value is -2.37. The predicted molar refractivity (Wildman–Crippen MR) is 68.4 cm³/mol. The van der Waals surface area contributed by atoms with Gasteiger partial charge in [0.1, 0.15) is 5.76 Å². The molecule has 3 aromatic heterocycles. The van der Waals surface area contributed by atoms with Crippen LogP contribution in [0.5, 0.6) is 0 Å². The SMILES string of the molecule is CNc1nc2ncc(-c3c(C)noc3C)cc2[nH]1. The van der Waals surface area contributed by atoms with Crippen LogP contribution in [0.1, 0.15) is 11.5 Å². The van der Waals surface area contributed by atoms with Gasteiger partial charge in [-0.15, -0.1) is 0 Å². The van der Waals surface area contributed by atoms with Gasteiger partial charge in [-0.05, 0) is 19.9 Å². The lowest BCUT2D eigenvalue weighted by Gasteiger charge is -1.98. The molecular formula is C12H13N5O. The van der Waals surface area contributed by atoms with Crippen LogP contribution < -0.4 is 5.32 Å². The maximum atomic E-state index is 5.17. The quantitative estimate of drug-likeness (QED) is 0.721. The highest BCUT2D eigenvalue weighted by molar-refractivity contribution is 5.80. The Morgan fingerprint density at radius 3 is 2.83 bits per heavy atom. The van der Waals surface area contributed by atoms with E-state index in [1.165, 1.54) is 0 Å². The summed E-state index contributed by atoms with van der Waals surface area (Å²) in [5.74, 6) is 1.50. The monoisotopic (exact) mass is 243 g/mol. The van der Waals surface area contributed by atoms with Crippen molar-refractivity contribution in [3.05, 3.63) is 23.7 Å². The summed E-state index contributed by atoms with van der Waals surface area (Å²) in [7, 11) is 1.81. The number of anilines is 1. The topological polar surface area (TPSA) is 79.6 Å². The van der Waals surface area contributed by atoms with Crippen LogP contribution in [0.25, 0.3) is 22.3 Å². The van der Waals surface area contributed by atoms with E-state index in [1.54, 1.807) is 6.20 Å². The third-order valence-corrected chi connectivity index (χ3v) is 2.90. The number of imidazole rings is 1. The highest BCUT2D eigenvalue weighted by Crippen LogP contribution is 2.28. The van der Waals surface area contributed by atoms with Gasteiger partial charge in [0.2, 0.25) is 5.95 Å². The number of rotatable bonds is 2. The molecule has 6 nitrogen and oxygen atoms in total. The van der Waals surface area contributed by atoms with E-state index in [9.17, 15) is 0 Å². The molecule has 3 heterocycles. The van der Waals surface area contributed by atoms with Crippen molar-refractivity contribution >= 4 is 17.1 Å². The van der Waals surface area contributed by atoms with Crippen molar-refractivity contribution in [3.63, 3.8) is 0 Å². The fourth-order valence-electron chi connectivity index (χ4n) is 2.05. The van der Waals surface area contributed by atoms with Gasteiger partial charge >= 0.3 is 0 Å². The number of aryl methyl sites for hydroxylation is 2. The maximum absolute atomic E-state index is 5.17. The van der Waals surface area contributed by atoms with Crippen molar-refractivity contribution in [3.8, 4) is 11.1 Å². The lowest BCUT2D eigenvalue weighted by molar-refractivity contribution is 0.393. The molecule has 18 heavy (non-hydrogen) atoms. The zero-order chi connectivity index (χ0) is 12.7. The van der Waals surface area contributed by atoms with Crippen LogP contribution in [0.2, 0.25) is 0 Å². The highest BCUT2D eigenvalue weighted by atomic mass is 16.5. The smallest absolute Gasteiger partial charge is 0.202 e. The molecule has 0 spiro atoms. The van der Waals surface area contributed by atoms with Gasteiger partial charge < -0.3 is 14.8 Å². The molecule has 3 rings (SSSR count). The van der Waals surface area contributed by atoms with Crippen LogP contribution in [0.3, 0.4) is 0 Å². The molecule has 0 aliphatic carbocycles. The molecule has 2 N–H and O–H groups in total. The first-order chi connectivity index (χ1) is 8.69. The van der Waals surface area contributed by atoms with Crippen LogP contribution in [0.15, 0.2) is 16.8 Å². The second-order valence-corrected chi connectivity index (χ2v) is 4.13. The standard InChI is InChI=1S/C12H13N5O/c1-6-10(7(2)18-17-6)8-4-9-11(14-5-8)16-12(13-3)15-9/h4-5H,1-3H3,(H2,13,14,15,16). The van der Waals surface area contributed by atoms with E-state index in [0.717, 1.165) is 28.1 Å². The molecule has 0 saturated carbocycles. The van der Waals surface area contributed by atoms with Gasteiger partial charge in [-0.2, -0.15) is 4.98 Å². The van der Waals surface area contributed by atoms with E-state index in [4.69, 9.17) is 4.52 Å². The fourth-order valence-corrected chi connectivity index (χ4v) is 2.05. The molecule has 0 amide bonds. The Labute approximate surface area is 103 Å². The zero-order valence-electron chi connectivity index (χ0n) is 10.4. The summed E-state index contributed by atoms with van der Waals surface area (Å²) in [6, 6.07) is 2.00. The second kappa shape index (κ2) is 3.83. The van der Waals surface area contributed by atoms with Crippen molar-refractivity contribution in [1.29, 1.82) is 0 Å². The maximum Gasteiger partial charge on any atom is 0.202 e. The summed E-state index contributed by atoms with van der Waals surface area (Å²) in [6.45, 7) is 3.81. The first kappa shape index (κ1) is 10.8. The highest BCUT2D eigenvalue weighted by Gasteiger charge is 2.13. The van der Waals surface area contributed by atoms with Crippen molar-refractivity contribution in [2.75, 3.05) is 12.4 Å². The molecular weight excluding hydrogens is 230 g/mol. The Bertz CT molecular complexity index is 693. The third kappa shape index (κ3) is 1.54. The summed E-state index contributed by atoms with van der Waals surface area (Å²) in [6.07, 6.45) is 1.79. The van der Waals surface area contributed by atoms with E-state index < -0.39 is 0 Å². The molecule has 0 atom stereocenters. The lowest BCUT2D eigenvalue weighted by Crippen LogP contribution is -1.88. The number of aromatic nitrogens is 4. The number of hydrogen-bond donors (Lipinski definition) is 2. The van der Waals surface area contributed by atoms with Gasteiger partial charge in [0.25, 0.3) is 0 Å². The summed E-state index contributed by atoms with van der Waals surface area (Å²) < 4.78 is 5.17. The number of nitrogens with zero attached hydrogens (tertiary/aromatic N) is 3. The molecule has 0 saturated heterocycles. The largest absolute Gasteiger partial charge is 0.361 e. The minimum Gasteiger partial charge on any atom is -0.361 e. The van der Waals surface area contributed by atoms with Gasteiger partial charge in [0.15, 0.2) is 5.65 Å². The molecule has 0 bridgehead atoms. The van der Waals surface area contributed by atoms with Crippen LogP contribution >= 0.6 is 0 Å². The van der Waals surface area contributed by atoms with Gasteiger partial charge in [-0.3, -0.25) is 0 Å². The summed E-state index contributed by atoms with van der Waals surface area (Å²) in [5.41, 5.74) is 4.41. The van der Waals surface area contributed by atoms with Crippen LogP contribution in [-0.2, 0) is 0 Å². The molecule has 0 aliphatic rings. The minimum atomic E-state index is 0.690. The molecule has 0 radical (unpaired) electrons. The molecule has 92 valence electrons. The fraction of sp³-hybridized carbons (Fsp3) is 0.250. The summed E-state index contributed by atoms with van der Waals surface area (Å²) >= 11 is 0. The lowest BCUT2D eigenvalue weighted by atomic mass is 10.1. The van der Waals surface area contributed by atoms with E-state index in [2.05, 4.69) is 25.4 Å². The van der Waals surface area contributed by atoms with E-state index in [1.807, 2.05) is 27.0 Å². The average molecular weight is 243 g/mol. The number of pyridine rings is 1. The Balaban J connectivity index is 2.19. The van der Waals surface area contributed by atoms with E-state index in [-0.39, 0.29) is 0 Å². The first-order valence-corrected chi connectivity index (χ1v) is 5.66. The summed E-state index contributed by atoms with van der Waals surface area (Å²) in [5, 5.41) is 6.91. The third-order valence-electron chi connectivity index (χ3n) is 2.90. The van der Waals surface area contributed by atoms with Crippen LogP contribution in [0.4, 0.5) is 5.95 Å². The molecule has 0 aliphatic heterocycles. The molecule has 0 unspecified atom stereocenters. The van der Waals surface area contributed by atoms with E-state index >= 15 is 0 Å². The van der Waals surface area contributed by atoms with Crippen molar-refractivity contribution in [1.82, 2.24) is 20.1 Å². The Morgan fingerprint density at radius 1 is 1.33 bits per heavy atom. The van der Waals surface area contributed by atoms with E-state index in [0.29, 0.717) is 11.6 Å². The average Bonchev–Trinajstić information content (AvgIpc) is 2.92. The molecule has 0 aromatic carbocycles. The number of nitrogens with one attached hydrogen (secondary N) is 2. The van der Waals surface area contributed by atoms with Gasteiger partial charge in [0, 0.05) is 24.4 Å². The molecule has 3 aromatic rings. The van der Waals surface area contributed by atoms with Gasteiger partial charge in [-0.25, -0.2) is 4.98 Å². The van der Waals surface area contributed by atoms with Crippen molar-refractivity contribution in [2.45, 2.75) is 13.8 Å². The number of aromatic amines is 1. The summed E-state index contributed by atoms with van der Waals surface area (Å²) in [4.78, 5) is 11.8. The predicted octanol–water partition coefficient (Wildman–Crippen LogP) is 2.27. The van der Waals surface area contributed by atoms with Gasteiger partial charge in [-0.1, -0.05) is 5.16 Å². The zero-order valence-corrected chi connectivity index (χ0v) is 10.4. The Morgan fingerprint density at radius 2 is 2.17 bits per heavy atom. The normalized spacial score (nSPS) is 11.1. The number of hydrogen-bond acceptors (Lipinski definition) is 5. The molecule has 6 heteroatoms. The second-order valence-electron chi connectivity index (χ2n) is 4.13. The van der Waals surface area contributed by atoms with Crippen LogP contribution in [0, 0.1) is 13.8 Å². The molecule has 0 fully saturated rings. The Kier molecular flexibility index (Phi) is 2.29. The first-order valence-electron chi connectivity index (χ1n) is 5.66. The van der Waals surface area contributed by atoms with Crippen LogP contribution in [-0.4, -0.2) is 27.2 Å².